The summed E-state index contributed by atoms with van der Waals surface area (Å²) in [6.45, 7) is 1.86. The number of ether oxygens (including phenoxy) is 2. The zero-order valence-corrected chi connectivity index (χ0v) is 18.1. The highest BCUT2D eigenvalue weighted by Gasteiger charge is 2.21. The molecular weight excluding hydrogens is 431 g/mol. The maximum absolute atomic E-state index is 13.8. The molecule has 1 amide bonds. The van der Waals surface area contributed by atoms with Crippen molar-refractivity contribution in [1.82, 2.24) is 20.0 Å². The van der Waals surface area contributed by atoms with Crippen LogP contribution >= 0.6 is 0 Å². The molecule has 4 rings (SSSR count). The van der Waals surface area contributed by atoms with E-state index in [2.05, 4.69) is 20.6 Å². The number of halogens is 1. The van der Waals surface area contributed by atoms with Gasteiger partial charge in [0.1, 0.15) is 28.8 Å². The molecular formula is C22H21FN6O4. The zero-order valence-electron chi connectivity index (χ0n) is 18.1. The highest BCUT2D eigenvalue weighted by atomic mass is 19.1. The number of aromatic nitrogens is 4. The van der Waals surface area contributed by atoms with E-state index in [0.29, 0.717) is 34.4 Å². The van der Waals surface area contributed by atoms with E-state index in [-0.39, 0.29) is 23.7 Å². The number of anilines is 2. The number of rotatable bonds is 7. The van der Waals surface area contributed by atoms with E-state index in [4.69, 9.17) is 19.6 Å². The monoisotopic (exact) mass is 452 g/mol. The summed E-state index contributed by atoms with van der Waals surface area (Å²) >= 11 is 0. The molecule has 2 heterocycles. The Balaban J connectivity index is 1.56. The first kappa shape index (κ1) is 21.8. The third-order valence-corrected chi connectivity index (χ3v) is 4.94. The second-order valence-corrected chi connectivity index (χ2v) is 7.00. The van der Waals surface area contributed by atoms with Gasteiger partial charge in [-0.3, -0.25) is 4.79 Å². The molecule has 0 unspecified atom stereocenters. The molecule has 2 aromatic carbocycles. The van der Waals surface area contributed by atoms with Gasteiger partial charge in [0.05, 0.1) is 32.0 Å². The number of nitrogens with zero attached hydrogens (tertiary/aromatic N) is 4. The van der Waals surface area contributed by atoms with E-state index < -0.39 is 11.7 Å². The third kappa shape index (κ3) is 4.33. The number of nitrogens with one attached hydrogen (secondary N) is 1. The number of carbonyl (C=O) groups excluding carboxylic acids is 1. The summed E-state index contributed by atoms with van der Waals surface area (Å²) in [6.07, 6.45) is 0. The maximum Gasteiger partial charge on any atom is 0.280 e. The Morgan fingerprint density at radius 3 is 2.73 bits per heavy atom. The van der Waals surface area contributed by atoms with Gasteiger partial charge in [-0.1, -0.05) is 17.3 Å². The normalized spacial score (nSPS) is 10.8. The lowest BCUT2D eigenvalue weighted by atomic mass is 10.2. The second kappa shape index (κ2) is 8.99. The Labute approximate surface area is 188 Å². The van der Waals surface area contributed by atoms with E-state index in [1.54, 1.807) is 45.4 Å². The Kier molecular flexibility index (Phi) is 5.94. The summed E-state index contributed by atoms with van der Waals surface area (Å²) in [7, 11) is 3.11. The standard InChI is InChI=1S/C22H21FN6O4/c1-12-17(26-22(33-12)14-9-8-13(31-2)10-18(14)32-3)11-29-20(24)19(27-28-29)21(30)25-16-7-5-4-6-15(16)23/h4-10H,11,24H2,1-3H3,(H,25,30). The van der Waals surface area contributed by atoms with Gasteiger partial charge in [0.25, 0.3) is 5.91 Å². The molecule has 33 heavy (non-hydrogen) atoms. The number of aryl methyl sites for hydroxylation is 1. The van der Waals surface area contributed by atoms with Gasteiger partial charge in [-0.15, -0.1) is 5.10 Å². The molecule has 2 aromatic heterocycles. The minimum absolute atomic E-state index is 0.00909. The first-order valence-corrected chi connectivity index (χ1v) is 9.84. The number of hydrogen-bond acceptors (Lipinski definition) is 8. The minimum Gasteiger partial charge on any atom is -0.497 e. The van der Waals surface area contributed by atoms with Crippen LogP contribution in [0.5, 0.6) is 11.5 Å². The Morgan fingerprint density at radius 2 is 2.00 bits per heavy atom. The predicted molar refractivity (Wildman–Crippen MR) is 118 cm³/mol. The van der Waals surface area contributed by atoms with E-state index in [1.165, 1.54) is 22.9 Å². The van der Waals surface area contributed by atoms with Crippen molar-refractivity contribution >= 4 is 17.4 Å². The number of benzene rings is 2. The van der Waals surface area contributed by atoms with E-state index in [1.807, 2.05) is 0 Å². The van der Waals surface area contributed by atoms with Crippen molar-refractivity contribution < 1.29 is 23.1 Å². The zero-order chi connectivity index (χ0) is 23.5. The van der Waals surface area contributed by atoms with Crippen LogP contribution in [-0.2, 0) is 6.54 Å². The SMILES string of the molecule is COc1ccc(-c2nc(Cn3nnc(C(=O)Nc4ccccc4F)c3N)c(C)o2)c(OC)c1. The quantitative estimate of drug-likeness (QED) is 0.437. The molecule has 0 spiro atoms. The smallest absolute Gasteiger partial charge is 0.280 e. The van der Waals surface area contributed by atoms with Crippen LogP contribution < -0.4 is 20.5 Å². The first-order chi connectivity index (χ1) is 15.9. The van der Waals surface area contributed by atoms with Crippen molar-refractivity contribution in [1.29, 1.82) is 0 Å². The van der Waals surface area contributed by atoms with Crippen molar-refractivity contribution in [3.05, 3.63) is 65.4 Å². The van der Waals surface area contributed by atoms with E-state index in [0.717, 1.165) is 0 Å². The van der Waals surface area contributed by atoms with Crippen LogP contribution in [0.3, 0.4) is 0 Å². The summed E-state index contributed by atoms with van der Waals surface area (Å²) in [5.74, 6) is 0.814. The van der Waals surface area contributed by atoms with Crippen LogP contribution in [0, 0.1) is 12.7 Å². The van der Waals surface area contributed by atoms with Gasteiger partial charge in [0, 0.05) is 6.07 Å². The number of oxazole rings is 1. The summed E-state index contributed by atoms with van der Waals surface area (Å²) in [5.41, 5.74) is 7.15. The molecule has 4 aromatic rings. The summed E-state index contributed by atoms with van der Waals surface area (Å²) in [4.78, 5) is 17.0. The molecule has 0 aliphatic heterocycles. The lowest BCUT2D eigenvalue weighted by Crippen LogP contribution is -2.16. The fourth-order valence-corrected chi connectivity index (χ4v) is 3.15. The number of carbonyl (C=O) groups is 1. The molecule has 10 nitrogen and oxygen atoms in total. The number of methoxy groups -OCH3 is 2. The molecule has 0 aliphatic rings. The van der Waals surface area contributed by atoms with Crippen LogP contribution in [0.15, 0.2) is 46.9 Å². The van der Waals surface area contributed by atoms with Crippen LogP contribution in [-0.4, -0.2) is 40.1 Å². The number of nitrogens with two attached hydrogens (primary N) is 1. The molecule has 0 aliphatic carbocycles. The van der Waals surface area contributed by atoms with Gasteiger partial charge in [-0.25, -0.2) is 14.1 Å². The molecule has 0 atom stereocenters. The highest BCUT2D eigenvalue weighted by Crippen LogP contribution is 2.34. The van der Waals surface area contributed by atoms with Gasteiger partial charge >= 0.3 is 0 Å². The van der Waals surface area contributed by atoms with Crippen molar-refractivity contribution in [2.75, 3.05) is 25.3 Å². The second-order valence-electron chi connectivity index (χ2n) is 7.00. The molecule has 11 heteroatoms. The Bertz CT molecular complexity index is 1320. The van der Waals surface area contributed by atoms with Gasteiger partial charge in [0.2, 0.25) is 5.89 Å². The van der Waals surface area contributed by atoms with Crippen molar-refractivity contribution in [2.24, 2.45) is 0 Å². The molecule has 0 bridgehead atoms. The number of hydrogen-bond donors (Lipinski definition) is 2. The summed E-state index contributed by atoms with van der Waals surface area (Å²) < 4.78 is 31.6. The summed E-state index contributed by atoms with van der Waals surface area (Å²) in [6, 6.07) is 11.1. The first-order valence-electron chi connectivity index (χ1n) is 9.84. The number of para-hydroxylation sites is 1. The lowest BCUT2D eigenvalue weighted by molar-refractivity contribution is 0.102. The highest BCUT2D eigenvalue weighted by molar-refractivity contribution is 6.05. The molecule has 0 saturated carbocycles. The fraction of sp³-hybridized carbons (Fsp3) is 0.182. The molecule has 0 fully saturated rings. The third-order valence-electron chi connectivity index (χ3n) is 4.94. The number of amides is 1. The van der Waals surface area contributed by atoms with Crippen LogP contribution in [0.1, 0.15) is 21.9 Å². The average Bonchev–Trinajstić information content (AvgIpc) is 3.37. The van der Waals surface area contributed by atoms with Crippen molar-refractivity contribution in [3.8, 4) is 23.0 Å². The Morgan fingerprint density at radius 1 is 1.21 bits per heavy atom. The molecule has 3 N–H and O–H groups in total. The van der Waals surface area contributed by atoms with Crippen LogP contribution in [0.2, 0.25) is 0 Å². The van der Waals surface area contributed by atoms with Crippen LogP contribution in [0.25, 0.3) is 11.5 Å². The Hall–Kier alpha value is -4.41. The average molecular weight is 452 g/mol. The number of nitrogen functional groups attached to an aromatic ring is 1. The van der Waals surface area contributed by atoms with Gasteiger partial charge in [0.15, 0.2) is 11.5 Å². The summed E-state index contributed by atoms with van der Waals surface area (Å²) in [5, 5.41) is 10.2. The van der Waals surface area contributed by atoms with Crippen molar-refractivity contribution in [2.45, 2.75) is 13.5 Å². The molecule has 0 radical (unpaired) electrons. The molecule has 0 saturated heterocycles. The van der Waals surface area contributed by atoms with Gasteiger partial charge in [-0.2, -0.15) is 0 Å². The van der Waals surface area contributed by atoms with Gasteiger partial charge in [-0.05, 0) is 31.2 Å². The van der Waals surface area contributed by atoms with Crippen molar-refractivity contribution in [3.63, 3.8) is 0 Å². The predicted octanol–water partition coefficient (Wildman–Crippen LogP) is 3.28. The van der Waals surface area contributed by atoms with E-state index in [9.17, 15) is 9.18 Å². The molecule has 170 valence electrons. The largest absolute Gasteiger partial charge is 0.497 e. The maximum atomic E-state index is 13.8. The minimum atomic E-state index is -0.676. The van der Waals surface area contributed by atoms with Crippen LogP contribution in [0.4, 0.5) is 15.9 Å². The van der Waals surface area contributed by atoms with E-state index >= 15 is 0 Å². The fourth-order valence-electron chi connectivity index (χ4n) is 3.15. The topological polar surface area (TPSA) is 130 Å². The lowest BCUT2D eigenvalue weighted by Gasteiger charge is -2.07. The van der Waals surface area contributed by atoms with Gasteiger partial charge < -0.3 is 24.9 Å².